The number of ether oxygens (including phenoxy) is 1. The van der Waals surface area contributed by atoms with E-state index in [0.29, 0.717) is 0 Å². The van der Waals surface area contributed by atoms with Gasteiger partial charge in [-0.25, -0.2) is 0 Å². The number of aliphatic hydroxyl groups excluding tert-OH is 1. The second-order valence-corrected chi connectivity index (χ2v) is 5.61. The number of aryl methyl sites for hydroxylation is 1. The molecule has 1 aromatic carbocycles. The van der Waals surface area contributed by atoms with Gasteiger partial charge in [-0.2, -0.15) is 0 Å². The van der Waals surface area contributed by atoms with Gasteiger partial charge in [0.2, 0.25) is 0 Å². The van der Waals surface area contributed by atoms with E-state index >= 15 is 0 Å². The normalized spacial score (nSPS) is 11.2. The lowest BCUT2D eigenvalue weighted by Gasteiger charge is -2.23. The first-order chi connectivity index (χ1) is 8.84. The van der Waals surface area contributed by atoms with Crippen molar-refractivity contribution in [2.45, 2.75) is 33.1 Å². The van der Waals surface area contributed by atoms with E-state index in [1.807, 2.05) is 25.1 Å². The lowest BCUT2D eigenvalue weighted by molar-refractivity contribution is -0.123. The first kappa shape index (κ1) is 15.5. The first-order valence-electron chi connectivity index (χ1n) is 6.46. The number of carbonyl (C=O) groups excluding carboxylic acids is 1. The molecule has 0 spiro atoms. The molecule has 0 saturated carbocycles. The first-order valence-corrected chi connectivity index (χ1v) is 6.46. The molecule has 19 heavy (non-hydrogen) atoms. The van der Waals surface area contributed by atoms with E-state index in [-0.39, 0.29) is 31.1 Å². The molecule has 0 aliphatic rings. The molecule has 0 aliphatic heterocycles. The molecule has 0 heterocycles. The number of nitrogens with one attached hydrogen (secondary N) is 1. The fourth-order valence-corrected chi connectivity index (χ4v) is 1.76. The van der Waals surface area contributed by atoms with E-state index in [0.717, 1.165) is 16.9 Å². The molecule has 1 amide bonds. The average Bonchev–Trinajstić information content (AvgIpc) is 2.32. The molecular weight excluding hydrogens is 242 g/mol. The van der Waals surface area contributed by atoms with Gasteiger partial charge in [0.05, 0.1) is 6.61 Å². The van der Waals surface area contributed by atoms with Crippen LogP contribution in [0.3, 0.4) is 0 Å². The van der Waals surface area contributed by atoms with E-state index in [1.54, 1.807) is 0 Å². The van der Waals surface area contributed by atoms with Crippen LogP contribution in [0.1, 0.15) is 31.9 Å². The predicted molar refractivity (Wildman–Crippen MR) is 75.5 cm³/mol. The van der Waals surface area contributed by atoms with Crippen LogP contribution < -0.4 is 10.1 Å². The lowest BCUT2D eigenvalue weighted by Crippen LogP contribution is -2.31. The molecule has 4 heteroatoms. The molecule has 1 aromatic rings. The predicted octanol–water partition coefficient (Wildman–Crippen LogP) is 1.78. The summed E-state index contributed by atoms with van der Waals surface area (Å²) in [6.45, 7) is 8.46. The molecule has 4 nitrogen and oxygen atoms in total. The van der Waals surface area contributed by atoms with Gasteiger partial charge in [-0.05, 0) is 29.5 Å². The summed E-state index contributed by atoms with van der Waals surface area (Å²) >= 11 is 0. The van der Waals surface area contributed by atoms with Crippen LogP contribution in [0.25, 0.3) is 0 Å². The number of benzene rings is 1. The summed E-state index contributed by atoms with van der Waals surface area (Å²) in [6.07, 6.45) is 0. The van der Waals surface area contributed by atoms with Gasteiger partial charge < -0.3 is 15.2 Å². The van der Waals surface area contributed by atoms with Crippen LogP contribution in [-0.4, -0.2) is 30.8 Å². The van der Waals surface area contributed by atoms with Crippen molar-refractivity contribution >= 4 is 5.91 Å². The second kappa shape index (κ2) is 6.57. The van der Waals surface area contributed by atoms with Crippen molar-refractivity contribution in [3.63, 3.8) is 0 Å². The van der Waals surface area contributed by atoms with Gasteiger partial charge in [-0.15, -0.1) is 0 Å². The third-order valence-corrected chi connectivity index (χ3v) is 2.74. The smallest absolute Gasteiger partial charge is 0.258 e. The highest BCUT2D eigenvalue weighted by atomic mass is 16.5. The Labute approximate surface area is 114 Å². The maximum Gasteiger partial charge on any atom is 0.258 e. The third-order valence-electron chi connectivity index (χ3n) is 2.74. The highest BCUT2D eigenvalue weighted by Gasteiger charge is 2.19. The summed E-state index contributed by atoms with van der Waals surface area (Å²) in [7, 11) is 0. The Morgan fingerprint density at radius 1 is 1.37 bits per heavy atom. The van der Waals surface area contributed by atoms with E-state index in [1.165, 1.54) is 0 Å². The number of aliphatic hydroxyl groups is 1. The SMILES string of the molecule is Cc1ccc(C(C)(C)C)c(OCC(=O)NCCO)c1. The largest absolute Gasteiger partial charge is 0.483 e. The zero-order chi connectivity index (χ0) is 14.5. The molecule has 0 saturated heterocycles. The average molecular weight is 265 g/mol. The summed E-state index contributed by atoms with van der Waals surface area (Å²) in [5, 5.41) is 11.2. The van der Waals surface area contributed by atoms with Crippen molar-refractivity contribution in [1.29, 1.82) is 0 Å². The van der Waals surface area contributed by atoms with Crippen molar-refractivity contribution in [2.75, 3.05) is 19.8 Å². The number of rotatable bonds is 5. The third kappa shape index (κ3) is 4.91. The number of hydrogen-bond donors (Lipinski definition) is 2. The molecule has 106 valence electrons. The van der Waals surface area contributed by atoms with Crippen LogP contribution in [0.15, 0.2) is 18.2 Å². The van der Waals surface area contributed by atoms with Gasteiger partial charge >= 0.3 is 0 Å². The van der Waals surface area contributed by atoms with E-state index in [4.69, 9.17) is 9.84 Å². The molecule has 0 fully saturated rings. The van der Waals surface area contributed by atoms with Crippen LogP contribution in [0, 0.1) is 6.92 Å². The number of carbonyl (C=O) groups is 1. The van der Waals surface area contributed by atoms with E-state index < -0.39 is 0 Å². The highest BCUT2D eigenvalue weighted by molar-refractivity contribution is 5.77. The molecule has 0 aliphatic carbocycles. The minimum absolute atomic E-state index is 0.0352. The van der Waals surface area contributed by atoms with E-state index in [9.17, 15) is 4.79 Å². The molecule has 0 bridgehead atoms. The number of amides is 1. The topological polar surface area (TPSA) is 58.6 Å². The summed E-state index contributed by atoms with van der Waals surface area (Å²) in [4.78, 5) is 11.5. The van der Waals surface area contributed by atoms with Crippen molar-refractivity contribution in [3.8, 4) is 5.75 Å². The molecule has 2 N–H and O–H groups in total. The fraction of sp³-hybridized carbons (Fsp3) is 0.533. The van der Waals surface area contributed by atoms with Crippen molar-refractivity contribution in [3.05, 3.63) is 29.3 Å². The minimum Gasteiger partial charge on any atom is -0.483 e. The lowest BCUT2D eigenvalue weighted by atomic mass is 9.86. The van der Waals surface area contributed by atoms with E-state index in [2.05, 4.69) is 26.1 Å². The standard InChI is InChI=1S/C15H23NO3/c1-11-5-6-12(15(2,3)4)13(9-11)19-10-14(18)16-7-8-17/h5-6,9,17H,7-8,10H2,1-4H3,(H,16,18). The summed E-state index contributed by atoms with van der Waals surface area (Å²) in [5.41, 5.74) is 2.14. The monoisotopic (exact) mass is 265 g/mol. The molecule has 0 atom stereocenters. The Balaban J connectivity index is 2.77. The maximum atomic E-state index is 11.5. The molecule has 0 radical (unpaired) electrons. The van der Waals surface area contributed by atoms with Crippen molar-refractivity contribution < 1.29 is 14.6 Å². The van der Waals surface area contributed by atoms with Crippen LogP contribution >= 0.6 is 0 Å². The summed E-state index contributed by atoms with van der Waals surface area (Å²) in [6, 6.07) is 6.02. The number of hydrogen-bond acceptors (Lipinski definition) is 3. The quantitative estimate of drug-likeness (QED) is 0.853. The van der Waals surface area contributed by atoms with Gasteiger partial charge in [0.25, 0.3) is 5.91 Å². The zero-order valence-electron chi connectivity index (χ0n) is 12.1. The van der Waals surface area contributed by atoms with Gasteiger partial charge in [0.15, 0.2) is 6.61 Å². The molecule has 0 unspecified atom stereocenters. The Morgan fingerprint density at radius 3 is 2.63 bits per heavy atom. The Hall–Kier alpha value is -1.55. The Bertz CT molecular complexity index is 436. The second-order valence-electron chi connectivity index (χ2n) is 5.61. The van der Waals surface area contributed by atoms with Crippen LogP contribution in [0.5, 0.6) is 5.75 Å². The fourth-order valence-electron chi connectivity index (χ4n) is 1.76. The highest BCUT2D eigenvalue weighted by Crippen LogP contribution is 2.31. The Kier molecular flexibility index (Phi) is 5.36. The van der Waals surface area contributed by atoms with Crippen LogP contribution in [0.4, 0.5) is 0 Å². The summed E-state index contributed by atoms with van der Waals surface area (Å²) < 4.78 is 5.61. The van der Waals surface area contributed by atoms with Crippen molar-refractivity contribution in [2.24, 2.45) is 0 Å². The molecule has 0 aromatic heterocycles. The van der Waals surface area contributed by atoms with Gasteiger partial charge in [-0.1, -0.05) is 32.9 Å². The Morgan fingerprint density at radius 2 is 2.05 bits per heavy atom. The van der Waals surface area contributed by atoms with Gasteiger partial charge in [0.1, 0.15) is 5.75 Å². The van der Waals surface area contributed by atoms with Crippen LogP contribution in [-0.2, 0) is 10.2 Å². The molecule has 1 rings (SSSR count). The van der Waals surface area contributed by atoms with Crippen LogP contribution in [0.2, 0.25) is 0 Å². The minimum atomic E-state index is -0.226. The zero-order valence-corrected chi connectivity index (χ0v) is 12.1. The maximum absolute atomic E-state index is 11.5. The van der Waals surface area contributed by atoms with Gasteiger partial charge in [-0.3, -0.25) is 4.79 Å². The summed E-state index contributed by atoms with van der Waals surface area (Å²) in [5.74, 6) is 0.516. The molecular formula is C15H23NO3. The van der Waals surface area contributed by atoms with Gasteiger partial charge in [0, 0.05) is 6.54 Å². The van der Waals surface area contributed by atoms with Crippen molar-refractivity contribution in [1.82, 2.24) is 5.32 Å².